The number of anilines is 1. The Labute approximate surface area is 162 Å². The number of aliphatic hydroxyl groups excluding tert-OH is 1. The molecule has 1 atom stereocenters. The molecule has 1 aromatic carbocycles. The maximum Gasteiger partial charge on any atom is 0.315 e. The van der Waals surface area contributed by atoms with Crippen LogP contribution in [0.5, 0.6) is 0 Å². The monoisotopic (exact) mass is 466 g/mol. The zero-order chi connectivity index (χ0) is 18.8. The van der Waals surface area contributed by atoms with Gasteiger partial charge in [0, 0.05) is 5.69 Å². The number of benzene rings is 1. The lowest BCUT2D eigenvalue weighted by molar-refractivity contribution is 0.0981. The average Bonchev–Trinajstić information content (AvgIpc) is 2.95. The van der Waals surface area contributed by atoms with Crippen LogP contribution in [0.25, 0.3) is 0 Å². The number of hydrogen-bond acceptors (Lipinski definition) is 5. The van der Waals surface area contributed by atoms with Gasteiger partial charge < -0.3 is 21.1 Å². The van der Waals surface area contributed by atoms with E-state index in [0.29, 0.717) is 26.2 Å². The minimum Gasteiger partial charge on any atom is -0.394 e. The van der Waals surface area contributed by atoms with Gasteiger partial charge in [0.15, 0.2) is 0 Å². The van der Waals surface area contributed by atoms with E-state index in [9.17, 15) is 14.7 Å². The maximum absolute atomic E-state index is 12.7. The zero-order valence-corrected chi connectivity index (χ0v) is 15.7. The van der Waals surface area contributed by atoms with Crippen molar-refractivity contribution in [3.05, 3.63) is 44.8 Å². The summed E-state index contributed by atoms with van der Waals surface area (Å²) >= 11 is 1.96. The second-order valence-corrected chi connectivity index (χ2v) is 6.76. The number of amides is 3. The number of fused-ring (bicyclic) bond motifs is 1. The molecule has 0 fully saturated rings. The van der Waals surface area contributed by atoms with Crippen molar-refractivity contribution in [1.29, 1.82) is 5.26 Å². The van der Waals surface area contributed by atoms with Gasteiger partial charge in [-0.1, -0.05) is 0 Å². The number of nitrogens with one attached hydrogen (secondary N) is 1. The van der Waals surface area contributed by atoms with Gasteiger partial charge in [0.05, 0.1) is 48.6 Å². The molecular weight excluding hydrogens is 451 g/mol. The summed E-state index contributed by atoms with van der Waals surface area (Å²) in [6.45, 7) is 0.104. The molecule has 2 heterocycles. The van der Waals surface area contributed by atoms with Crippen molar-refractivity contribution < 1.29 is 14.7 Å². The molecule has 0 saturated carbocycles. The molecule has 3 amide bonds. The van der Waals surface area contributed by atoms with E-state index >= 15 is 0 Å². The molecule has 3 rings (SSSR count). The first-order chi connectivity index (χ1) is 12.4. The van der Waals surface area contributed by atoms with E-state index in [4.69, 9.17) is 11.0 Å². The predicted octanol–water partition coefficient (Wildman–Crippen LogP) is 0.867. The number of carbonyl (C=O) groups is 2. The number of halogens is 1. The van der Waals surface area contributed by atoms with Crippen LogP contribution in [0, 0.1) is 15.0 Å². The number of carbonyl (C=O) groups excluding carboxylic acids is 2. The highest BCUT2D eigenvalue weighted by Crippen LogP contribution is 2.25. The minimum atomic E-state index is -0.662. The van der Waals surface area contributed by atoms with Crippen LogP contribution in [-0.4, -0.2) is 44.4 Å². The SMILES string of the molecule is N#Cc1ccc(NC(=O)c2c(I)nn3c2CN(C(N)=O)C(CO)C3)cc1. The van der Waals surface area contributed by atoms with Gasteiger partial charge in [-0.2, -0.15) is 10.4 Å². The molecule has 0 spiro atoms. The topological polar surface area (TPSA) is 137 Å². The van der Waals surface area contributed by atoms with E-state index in [1.807, 2.05) is 28.7 Å². The Bertz CT molecular complexity index is 902. The van der Waals surface area contributed by atoms with Gasteiger partial charge in [-0.05, 0) is 46.9 Å². The fraction of sp³-hybridized carbons (Fsp3) is 0.250. The van der Waals surface area contributed by atoms with Crippen molar-refractivity contribution in [2.75, 3.05) is 11.9 Å². The third kappa shape index (κ3) is 3.35. The van der Waals surface area contributed by atoms with Crippen LogP contribution >= 0.6 is 22.6 Å². The molecule has 4 N–H and O–H groups in total. The molecule has 1 unspecified atom stereocenters. The number of primary amides is 1. The molecule has 0 aliphatic carbocycles. The van der Waals surface area contributed by atoms with Crippen LogP contribution in [0.2, 0.25) is 0 Å². The normalized spacial score (nSPS) is 15.9. The van der Waals surface area contributed by atoms with Crippen molar-refractivity contribution in [3.63, 3.8) is 0 Å². The molecule has 134 valence electrons. The van der Waals surface area contributed by atoms with Crippen molar-refractivity contribution in [1.82, 2.24) is 14.7 Å². The second-order valence-electron chi connectivity index (χ2n) is 5.74. The highest BCUT2D eigenvalue weighted by molar-refractivity contribution is 14.1. The van der Waals surface area contributed by atoms with E-state index in [0.717, 1.165) is 0 Å². The number of nitrogens with two attached hydrogens (primary N) is 1. The molecular formula is C16H15IN6O3. The third-order valence-corrected chi connectivity index (χ3v) is 4.91. The lowest BCUT2D eigenvalue weighted by atomic mass is 10.1. The Morgan fingerprint density at radius 1 is 1.42 bits per heavy atom. The third-order valence-electron chi connectivity index (χ3n) is 4.15. The first kappa shape index (κ1) is 18.2. The van der Waals surface area contributed by atoms with E-state index in [1.54, 1.807) is 28.9 Å². The van der Waals surface area contributed by atoms with Gasteiger partial charge in [0.2, 0.25) is 0 Å². The molecule has 9 nitrogen and oxygen atoms in total. The van der Waals surface area contributed by atoms with E-state index in [-0.39, 0.29) is 25.6 Å². The number of nitriles is 1. The Morgan fingerprint density at radius 2 is 2.12 bits per heavy atom. The number of rotatable bonds is 3. The number of aromatic nitrogens is 2. The lowest BCUT2D eigenvalue weighted by Crippen LogP contribution is -2.50. The Balaban J connectivity index is 1.89. The van der Waals surface area contributed by atoms with Crippen LogP contribution in [0.4, 0.5) is 10.5 Å². The van der Waals surface area contributed by atoms with Crippen molar-refractivity contribution in [2.45, 2.75) is 19.1 Å². The van der Waals surface area contributed by atoms with Gasteiger partial charge in [-0.15, -0.1) is 0 Å². The smallest absolute Gasteiger partial charge is 0.315 e. The number of aliphatic hydroxyl groups is 1. The van der Waals surface area contributed by atoms with E-state index < -0.39 is 12.1 Å². The predicted molar refractivity (Wildman–Crippen MR) is 100 cm³/mol. The van der Waals surface area contributed by atoms with Gasteiger partial charge in [0.1, 0.15) is 3.70 Å². The summed E-state index contributed by atoms with van der Waals surface area (Å²) in [5.41, 5.74) is 7.35. The summed E-state index contributed by atoms with van der Waals surface area (Å²) in [6.07, 6.45) is 0. The Hall–Kier alpha value is -2.65. The first-order valence-electron chi connectivity index (χ1n) is 7.68. The van der Waals surface area contributed by atoms with Gasteiger partial charge in [-0.3, -0.25) is 9.48 Å². The van der Waals surface area contributed by atoms with E-state index in [2.05, 4.69) is 10.4 Å². The van der Waals surface area contributed by atoms with E-state index in [1.165, 1.54) is 4.90 Å². The summed E-state index contributed by atoms with van der Waals surface area (Å²) in [6, 6.07) is 7.35. The Kier molecular flexibility index (Phi) is 5.10. The zero-order valence-electron chi connectivity index (χ0n) is 13.5. The molecule has 1 aliphatic rings. The largest absolute Gasteiger partial charge is 0.394 e. The first-order valence-corrected chi connectivity index (χ1v) is 8.76. The van der Waals surface area contributed by atoms with Crippen molar-refractivity contribution >= 4 is 40.2 Å². The molecule has 1 aromatic heterocycles. The molecule has 0 bridgehead atoms. The molecule has 0 radical (unpaired) electrons. The van der Waals surface area contributed by atoms with Crippen LogP contribution in [-0.2, 0) is 13.1 Å². The average molecular weight is 466 g/mol. The highest BCUT2D eigenvalue weighted by atomic mass is 127. The summed E-state index contributed by atoms with van der Waals surface area (Å²) in [7, 11) is 0. The van der Waals surface area contributed by atoms with Crippen LogP contribution in [0.3, 0.4) is 0 Å². The summed E-state index contributed by atoms with van der Waals surface area (Å²) in [5.74, 6) is -0.368. The quantitative estimate of drug-likeness (QED) is 0.577. The minimum absolute atomic E-state index is 0.0900. The number of hydrogen-bond donors (Lipinski definition) is 3. The number of nitrogens with zero attached hydrogens (tertiary/aromatic N) is 4. The van der Waals surface area contributed by atoms with Crippen LogP contribution in [0.1, 0.15) is 21.6 Å². The summed E-state index contributed by atoms with van der Waals surface area (Å²) < 4.78 is 2.11. The Morgan fingerprint density at radius 3 is 2.69 bits per heavy atom. The molecule has 2 aromatic rings. The fourth-order valence-electron chi connectivity index (χ4n) is 2.83. The maximum atomic E-state index is 12.7. The van der Waals surface area contributed by atoms with Gasteiger partial charge in [0.25, 0.3) is 5.91 Å². The standard InChI is InChI=1S/C16H15IN6O3/c17-14-13(15(25)20-10-3-1-9(5-18)2-4-10)12-7-22(16(19)26)11(8-24)6-23(12)21-14/h1-4,11,24H,6-8H2,(H2,19,26)(H,20,25). The fourth-order valence-corrected chi connectivity index (χ4v) is 3.64. The van der Waals surface area contributed by atoms with Crippen molar-refractivity contribution in [3.8, 4) is 6.07 Å². The summed E-state index contributed by atoms with van der Waals surface area (Å²) in [5, 5.41) is 25.4. The molecule has 10 heteroatoms. The highest BCUT2D eigenvalue weighted by Gasteiger charge is 2.33. The second kappa shape index (κ2) is 7.30. The van der Waals surface area contributed by atoms with Gasteiger partial charge >= 0.3 is 6.03 Å². The molecule has 26 heavy (non-hydrogen) atoms. The van der Waals surface area contributed by atoms with Crippen LogP contribution in [0.15, 0.2) is 24.3 Å². The lowest BCUT2D eigenvalue weighted by Gasteiger charge is -2.34. The summed E-state index contributed by atoms with van der Waals surface area (Å²) in [4.78, 5) is 25.7. The van der Waals surface area contributed by atoms with Crippen LogP contribution < -0.4 is 11.1 Å². The number of urea groups is 1. The molecule has 0 saturated heterocycles. The van der Waals surface area contributed by atoms with Gasteiger partial charge in [-0.25, -0.2) is 4.79 Å². The molecule has 1 aliphatic heterocycles. The van der Waals surface area contributed by atoms with Crippen molar-refractivity contribution in [2.24, 2.45) is 5.73 Å².